The summed E-state index contributed by atoms with van der Waals surface area (Å²) in [7, 11) is 1.67. The van der Waals surface area contributed by atoms with Crippen molar-refractivity contribution in [2.45, 2.75) is 25.3 Å². The van der Waals surface area contributed by atoms with Gasteiger partial charge in [0.15, 0.2) is 0 Å². The molecule has 1 heterocycles. The summed E-state index contributed by atoms with van der Waals surface area (Å²) in [5, 5.41) is 0. The lowest BCUT2D eigenvalue weighted by atomic mass is 9.97. The normalized spacial score (nSPS) is 15.7. The Labute approximate surface area is 114 Å². The van der Waals surface area contributed by atoms with Gasteiger partial charge in [0, 0.05) is 25.3 Å². The van der Waals surface area contributed by atoms with Crippen LogP contribution in [-0.4, -0.2) is 33.5 Å². The van der Waals surface area contributed by atoms with Crippen molar-refractivity contribution in [1.29, 1.82) is 0 Å². The lowest BCUT2D eigenvalue weighted by Crippen LogP contribution is -2.18. The molecule has 4 heteroatoms. The Hall–Kier alpha value is -1.10. The van der Waals surface area contributed by atoms with Crippen molar-refractivity contribution in [3.05, 3.63) is 29.3 Å². The van der Waals surface area contributed by atoms with Gasteiger partial charge in [0.1, 0.15) is 5.75 Å². The van der Waals surface area contributed by atoms with Gasteiger partial charge in [-0.1, -0.05) is 18.2 Å². The highest BCUT2D eigenvalue weighted by Gasteiger charge is 2.18. The minimum absolute atomic E-state index is 0.0319. The molecule has 0 amide bonds. The van der Waals surface area contributed by atoms with E-state index in [1.54, 1.807) is 7.11 Å². The minimum atomic E-state index is -0.0319. The van der Waals surface area contributed by atoms with Gasteiger partial charge >= 0.3 is 0 Å². The maximum absolute atomic E-state index is 6.24. The number of nitrogens with two attached hydrogens (primary N) is 1. The van der Waals surface area contributed by atoms with Crippen LogP contribution in [-0.2, 0) is 15.9 Å². The largest absolute Gasteiger partial charge is 0.493 e. The number of methoxy groups -OCH3 is 1. The van der Waals surface area contributed by atoms with Crippen molar-refractivity contribution < 1.29 is 14.2 Å². The van der Waals surface area contributed by atoms with Gasteiger partial charge in [0.25, 0.3) is 0 Å². The van der Waals surface area contributed by atoms with Crippen molar-refractivity contribution in [3.8, 4) is 5.75 Å². The first-order valence-electron chi connectivity index (χ1n) is 6.89. The van der Waals surface area contributed by atoms with E-state index in [2.05, 4.69) is 18.2 Å². The number of ether oxygens (including phenoxy) is 3. The maximum atomic E-state index is 6.24. The van der Waals surface area contributed by atoms with Crippen LogP contribution in [0.5, 0.6) is 5.75 Å². The van der Waals surface area contributed by atoms with E-state index < -0.39 is 0 Å². The summed E-state index contributed by atoms with van der Waals surface area (Å²) < 4.78 is 16.2. The molecule has 0 bridgehead atoms. The highest BCUT2D eigenvalue weighted by Crippen LogP contribution is 2.33. The van der Waals surface area contributed by atoms with Crippen LogP contribution < -0.4 is 10.5 Å². The van der Waals surface area contributed by atoms with E-state index in [0.717, 1.165) is 37.2 Å². The van der Waals surface area contributed by atoms with Crippen LogP contribution in [0, 0.1) is 0 Å². The van der Waals surface area contributed by atoms with Crippen molar-refractivity contribution in [2.75, 3.05) is 33.5 Å². The Balaban J connectivity index is 1.90. The van der Waals surface area contributed by atoms with E-state index in [1.807, 2.05) is 0 Å². The lowest BCUT2D eigenvalue weighted by Gasteiger charge is -2.23. The molecule has 1 unspecified atom stereocenters. The predicted molar refractivity (Wildman–Crippen MR) is 74.5 cm³/mol. The van der Waals surface area contributed by atoms with Crippen molar-refractivity contribution in [2.24, 2.45) is 5.73 Å². The zero-order chi connectivity index (χ0) is 13.5. The molecule has 0 fully saturated rings. The van der Waals surface area contributed by atoms with Crippen molar-refractivity contribution in [1.82, 2.24) is 0 Å². The molecule has 1 aliphatic rings. The van der Waals surface area contributed by atoms with Crippen molar-refractivity contribution >= 4 is 0 Å². The maximum Gasteiger partial charge on any atom is 0.127 e. The fourth-order valence-corrected chi connectivity index (χ4v) is 2.32. The Bertz CT molecular complexity index is 395. The molecule has 2 rings (SSSR count). The fourth-order valence-electron chi connectivity index (χ4n) is 2.32. The molecular formula is C15H23NO3. The molecule has 2 N–H and O–H groups in total. The van der Waals surface area contributed by atoms with Crippen molar-refractivity contribution in [3.63, 3.8) is 0 Å². The molecule has 1 aromatic rings. The number of benzene rings is 1. The van der Waals surface area contributed by atoms with Crippen LogP contribution in [0.15, 0.2) is 18.2 Å². The topological polar surface area (TPSA) is 53.7 Å². The van der Waals surface area contributed by atoms with Crippen LogP contribution in [0.4, 0.5) is 0 Å². The molecule has 0 aliphatic carbocycles. The summed E-state index contributed by atoms with van der Waals surface area (Å²) in [5.41, 5.74) is 8.62. The van der Waals surface area contributed by atoms with E-state index in [9.17, 15) is 0 Å². The standard InChI is InChI=1S/C15H23NO3/c1-17-10-11-18-9-7-14(16)13-6-2-4-12-5-3-8-19-15(12)13/h2,4,6,14H,3,5,7-11,16H2,1H3. The lowest BCUT2D eigenvalue weighted by molar-refractivity contribution is 0.0671. The molecule has 0 spiro atoms. The Morgan fingerprint density at radius 2 is 2.21 bits per heavy atom. The van der Waals surface area contributed by atoms with Gasteiger partial charge in [0.05, 0.1) is 19.8 Å². The average Bonchev–Trinajstić information content (AvgIpc) is 2.46. The zero-order valence-electron chi connectivity index (χ0n) is 11.6. The molecule has 1 atom stereocenters. The molecule has 0 radical (unpaired) electrons. The second-order valence-electron chi connectivity index (χ2n) is 4.79. The number of aryl methyl sites for hydroxylation is 1. The first-order chi connectivity index (χ1) is 9.33. The van der Waals surface area contributed by atoms with Gasteiger partial charge < -0.3 is 19.9 Å². The summed E-state index contributed by atoms with van der Waals surface area (Å²) in [6, 6.07) is 6.22. The number of hydrogen-bond donors (Lipinski definition) is 1. The van der Waals surface area contributed by atoms with Crippen LogP contribution in [0.1, 0.15) is 30.0 Å². The molecule has 0 saturated carbocycles. The number of hydrogen-bond acceptors (Lipinski definition) is 4. The smallest absolute Gasteiger partial charge is 0.127 e. The molecule has 106 valence electrons. The molecule has 0 aromatic heterocycles. The van der Waals surface area contributed by atoms with Gasteiger partial charge in [-0.3, -0.25) is 0 Å². The third-order valence-corrected chi connectivity index (χ3v) is 3.37. The van der Waals surface area contributed by atoms with Crippen LogP contribution in [0.3, 0.4) is 0 Å². The van der Waals surface area contributed by atoms with E-state index in [0.29, 0.717) is 19.8 Å². The minimum Gasteiger partial charge on any atom is -0.493 e. The summed E-state index contributed by atoms with van der Waals surface area (Å²) in [6.45, 7) is 2.68. The van der Waals surface area contributed by atoms with E-state index in [-0.39, 0.29) is 6.04 Å². The van der Waals surface area contributed by atoms with Crippen LogP contribution >= 0.6 is 0 Å². The third-order valence-electron chi connectivity index (χ3n) is 3.37. The molecule has 4 nitrogen and oxygen atoms in total. The second kappa shape index (κ2) is 7.48. The van der Waals surface area contributed by atoms with Gasteiger partial charge in [0.2, 0.25) is 0 Å². The average molecular weight is 265 g/mol. The number of rotatable bonds is 7. The highest BCUT2D eigenvalue weighted by molar-refractivity contribution is 5.44. The van der Waals surface area contributed by atoms with Gasteiger partial charge in [-0.25, -0.2) is 0 Å². The molecule has 19 heavy (non-hydrogen) atoms. The SMILES string of the molecule is COCCOCCC(N)c1cccc2c1OCCC2. The summed E-state index contributed by atoms with van der Waals surface area (Å²) in [5.74, 6) is 0.998. The molecule has 1 aliphatic heterocycles. The molecule has 0 saturated heterocycles. The third kappa shape index (κ3) is 3.93. The Morgan fingerprint density at radius 1 is 1.32 bits per heavy atom. The first kappa shape index (κ1) is 14.3. The second-order valence-corrected chi connectivity index (χ2v) is 4.79. The van der Waals surface area contributed by atoms with Crippen LogP contribution in [0.25, 0.3) is 0 Å². The van der Waals surface area contributed by atoms with Gasteiger partial charge in [-0.05, 0) is 24.8 Å². The quantitative estimate of drug-likeness (QED) is 0.767. The van der Waals surface area contributed by atoms with Gasteiger partial charge in [-0.2, -0.15) is 0 Å². The van der Waals surface area contributed by atoms with E-state index in [4.69, 9.17) is 19.9 Å². The van der Waals surface area contributed by atoms with Gasteiger partial charge in [-0.15, -0.1) is 0 Å². The van der Waals surface area contributed by atoms with E-state index >= 15 is 0 Å². The monoisotopic (exact) mass is 265 g/mol. The predicted octanol–water partition coefficient (Wildman–Crippen LogP) is 2.06. The number of fused-ring (bicyclic) bond motifs is 1. The van der Waals surface area contributed by atoms with Crippen LogP contribution in [0.2, 0.25) is 0 Å². The Morgan fingerprint density at radius 3 is 3.05 bits per heavy atom. The summed E-state index contributed by atoms with van der Waals surface area (Å²) in [6.07, 6.45) is 2.97. The first-order valence-corrected chi connectivity index (χ1v) is 6.89. The molecular weight excluding hydrogens is 242 g/mol. The molecule has 1 aromatic carbocycles. The summed E-state index contributed by atoms with van der Waals surface area (Å²) >= 11 is 0. The van der Waals surface area contributed by atoms with E-state index in [1.165, 1.54) is 5.56 Å². The fraction of sp³-hybridized carbons (Fsp3) is 0.600. The zero-order valence-corrected chi connectivity index (χ0v) is 11.6. The number of para-hydroxylation sites is 1. The Kier molecular flexibility index (Phi) is 5.63. The summed E-state index contributed by atoms with van der Waals surface area (Å²) in [4.78, 5) is 0. The highest BCUT2D eigenvalue weighted by atomic mass is 16.5.